The first-order chi connectivity index (χ1) is 13.6. The summed E-state index contributed by atoms with van der Waals surface area (Å²) < 4.78 is 5.10. The normalized spacial score (nSPS) is 10.5. The zero-order chi connectivity index (χ0) is 19.8. The second kappa shape index (κ2) is 9.19. The highest BCUT2D eigenvalue weighted by Gasteiger charge is 2.08. The summed E-state index contributed by atoms with van der Waals surface area (Å²) in [6, 6.07) is 23.4. The Morgan fingerprint density at radius 3 is 2.29 bits per heavy atom. The molecule has 0 heterocycles. The molecule has 2 N–H and O–H groups in total. The molecule has 3 aromatic rings. The molecule has 0 radical (unpaired) electrons. The predicted octanol–water partition coefficient (Wildman–Crippen LogP) is 4.60. The fraction of sp³-hybridized carbons (Fsp3) is 0.0435. The van der Waals surface area contributed by atoms with Crippen molar-refractivity contribution in [2.45, 2.75) is 0 Å². The molecule has 0 aliphatic heterocycles. The Bertz CT molecular complexity index is 980. The van der Waals surface area contributed by atoms with Gasteiger partial charge in [-0.3, -0.25) is 9.59 Å². The first kappa shape index (κ1) is 18.9. The first-order valence-corrected chi connectivity index (χ1v) is 8.73. The number of methoxy groups -OCH3 is 1. The van der Waals surface area contributed by atoms with Crippen LogP contribution in [0.4, 0.5) is 11.4 Å². The molecule has 3 aromatic carbocycles. The zero-order valence-corrected chi connectivity index (χ0v) is 15.4. The maximum absolute atomic E-state index is 12.4. The summed E-state index contributed by atoms with van der Waals surface area (Å²) >= 11 is 0. The maximum Gasteiger partial charge on any atom is 0.255 e. The van der Waals surface area contributed by atoms with E-state index in [9.17, 15) is 9.59 Å². The summed E-state index contributed by atoms with van der Waals surface area (Å²) in [4.78, 5) is 24.6. The van der Waals surface area contributed by atoms with Crippen LogP contribution in [0.25, 0.3) is 6.08 Å². The minimum absolute atomic E-state index is 0.263. The molecular formula is C23H20N2O3. The predicted molar refractivity (Wildman–Crippen MR) is 111 cm³/mol. The number of anilines is 2. The van der Waals surface area contributed by atoms with Gasteiger partial charge >= 0.3 is 0 Å². The standard InChI is InChI=1S/C23H20N2O3/c1-28-21-13-11-19(12-14-21)25-23(27)18-8-5-9-20(16-18)24-22(26)15-10-17-6-3-2-4-7-17/h2-16H,1H3,(H,24,26)(H,25,27)/b15-10+. The number of hydrogen-bond acceptors (Lipinski definition) is 3. The molecule has 0 aliphatic rings. The van der Waals surface area contributed by atoms with Crippen molar-refractivity contribution in [3.63, 3.8) is 0 Å². The summed E-state index contributed by atoms with van der Waals surface area (Å²) in [5.74, 6) is 0.184. The molecule has 0 unspecified atom stereocenters. The van der Waals surface area contributed by atoms with Crippen LogP contribution in [0, 0.1) is 0 Å². The van der Waals surface area contributed by atoms with Crippen LogP contribution in [-0.4, -0.2) is 18.9 Å². The Balaban J connectivity index is 1.63. The lowest BCUT2D eigenvalue weighted by Gasteiger charge is -2.08. The summed E-state index contributed by atoms with van der Waals surface area (Å²) in [6.45, 7) is 0. The number of carbonyl (C=O) groups excluding carboxylic acids is 2. The van der Waals surface area contributed by atoms with E-state index in [-0.39, 0.29) is 11.8 Å². The van der Waals surface area contributed by atoms with Gasteiger partial charge in [0.15, 0.2) is 0 Å². The minimum Gasteiger partial charge on any atom is -0.497 e. The SMILES string of the molecule is COc1ccc(NC(=O)c2cccc(NC(=O)/C=C/c3ccccc3)c2)cc1. The van der Waals surface area contributed by atoms with E-state index in [1.165, 1.54) is 6.08 Å². The van der Waals surface area contributed by atoms with Gasteiger partial charge in [0.1, 0.15) is 5.75 Å². The van der Waals surface area contributed by atoms with Crippen molar-refractivity contribution in [1.82, 2.24) is 0 Å². The summed E-state index contributed by atoms with van der Waals surface area (Å²) in [5, 5.41) is 5.58. The molecule has 0 bridgehead atoms. The number of benzene rings is 3. The number of amides is 2. The van der Waals surface area contributed by atoms with E-state index in [4.69, 9.17) is 4.74 Å². The number of rotatable bonds is 6. The van der Waals surface area contributed by atoms with Gasteiger partial charge in [0.25, 0.3) is 5.91 Å². The molecule has 0 spiro atoms. The molecule has 0 saturated heterocycles. The third-order valence-corrected chi connectivity index (χ3v) is 3.97. The number of hydrogen-bond donors (Lipinski definition) is 2. The van der Waals surface area contributed by atoms with Gasteiger partial charge in [-0.15, -0.1) is 0 Å². The second-order valence-corrected chi connectivity index (χ2v) is 6.00. The van der Waals surface area contributed by atoms with E-state index in [2.05, 4.69) is 10.6 Å². The molecule has 0 atom stereocenters. The number of carbonyl (C=O) groups is 2. The topological polar surface area (TPSA) is 67.4 Å². The fourth-order valence-corrected chi connectivity index (χ4v) is 2.54. The molecule has 0 fully saturated rings. The molecule has 140 valence electrons. The van der Waals surface area contributed by atoms with Gasteiger partial charge in [0.2, 0.25) is 5.91 Å². The van der Waals surface area contributed by atoms with E-state index in [0.29, 0.717) is 22.7 Å². The molecule has 2 amide bonds. The number of ether oxygens (including phenoxy) is 1. The zero-order valence-electron chi connectivity index (χ0n) is 15.4. The minimum atomic E-state index is -0.267. The van der Waals surface area contributed by atoms with Crippen molar-refractivity contribution in [1.29, 1.82) is 0 Å². The molecule has 5 heteroatoms. The van der Waals surface area contributed by atoms with Gasteiger partial charge in [-0.05, 0) is 54.1 Å². The Morgan fingerprint density at radius 2 is 1.57 bits per heavy atom. The fourth-order valence-electron chi connectivity index (χ4n) is 2.54. The summed E-state index contributed by atoms with van der Waals surface area (Å²) in [5.41, 5.74) is 2.59. The highest BCUT2D eigenvalue weighted by atomic mass is 16.5. The third-order valence-electron chi connectivity index (χ3n) is 3.97. The Labute approximate surface area is 163 Å². The number of nitrogens with one attached hydrogen (secondary N) is 2. The lowest BCUT2D eigenvalue weighted by atomic mass is 10.1. The van der Waals surface area contributed by atoms with Gasteiger partial charge < -0.3 is 15.4 Å². The van der Waals surface area contributed by atoms with Crippen LogP contribution in [0.5, 0.6) is 5.75 Å². The van der Waals surface area contributed by atoms with E-state index in [1.54, 1.807) is 61.7 Å². The van der Waals surface area contributed by atoms with Crippen molar-refractivity contribution in [3.8, 4) is 5.75 Å². The lowest BCUT2D eigenvalue weighted by Crippen LogP contribution is -2.13. The van der Waals surface area contributed by atoms with Gasteiger partial charge in [-0.1, -0.05) is 36.4 Å². The van der Waals surface area contributed by atoms with Gasteiger partial charge in [-0.2, -0.15) is 0 Å². The quantitative estimate of drug-likeness (QED) is 0.622. The van der Waals surface area contributed by atoms with E-state index >= 15 is 0 Å². The lowest BCUT2D eigenvalue weighted by molar-refractivity contribution is -0.111. The van der Waals surface area contributed by atoms with Gasteiger partial charge in [0, 0.05) is 23.0 Å². The average Bonchev–Trinajstić information content (AvgIpc) is 2.74. The molecule has 0 aliphatic carbocycles. The van der Waals surface area contributed by atoms with E-state index in [1.807, 2.05) is 30.3 Å². The van der Waals surface area contributed by atoms with Gasteiger partial charge in [0.05, 0.1) is 7.11 Å². The first-order valence-electron chi connectivity index (χ1n) is 8.73. The Hall–Kier alpha value is -3.86. The molecule has 0 saturated carbocycles. The van der Waals surface area contributed by atoms with E-state index in [0.717, 1.165) is 5.56 Å². The van der Waals surface area contributed by atoms with Crippen LogP contribution in [-0.2, 0) is 4.79 Å². The molecule has 28 heavy (non-hydrogen) atoms. The highest BCUT2D eigenvalue weighted by Crippen LogP contribution is 2.17. The van der Waals surface area contributed by atoms with Crippen LogP contribution in [0.15, 0.2) is 84.9 Å². The smallest absolute Gasteiger partial charge is 0.255 e. The highest BCUT2D eigenvalue weighted by molar-refractivity contribution is 6.06. The summed E-state index contributed by atoms with van der Waals surface area (Å²) in [6.07, 6.45) is 3.19. The van der Waals surface area contributed by atoms with Crippen molar-refractivity contribution >= 4 is 29.3 Å². The van der Waals surface area contributed by atoms with Crippen LogP contribution < -0.4 is 15.4 Å². The molecular weight excluding hydrogens is 352 g/mol. The van der Waals surface area contributed by atoms with Crippen molar-refractivity contribution in [2.24, 2.45) is 0 Å². The van der Waals surface area contributed by atoms with Gasteiger partial charge in [-0.25, -0.2) is 0 Å². The van der Waals surface area contributed by atoms with Crippen molar-refractivity contribution in [2.75, 3.05) is 17.7 Å². The molecule has 0 aromatic heterocycles. The largest absolute Gasteiger partial charge is 0.497 e. The molecule has 3 rings (SSSR count). The average molecular weight is 372 g/mol. The molecule has 5 nitrogen and oxygen atoms in total. The third kappa shape index (κ3) is 5.32. The van der Waals surface area contributed by atoms with Crippen molar-refractivity contribution < 1.29 is 14.3 Å². The van der Waals surface area contributed by atoms with E-state index < -0.39 is 0 Å². The van der Waals surface area contributed by atoms with Crippen LogP contribution in [0.1, 0.15) is 15.9 Å². The Morgan fingerprint density at radius 1 is 0.821 bits per heavy atom. The van der Waals surface area contributed by atoms with Crippen LogP contribution in [0.3, 0.4) is 0 Å². The Kier molecular flexibility index (Phi) is 6.21. The van der Waals surface area contributed by atoms with Crippen molar-refractivity contribution in [3.05, 3.63) is 96.1 Å². The maximum atomic E-state index is 12.4. The van der Waals surface area contributed by atoms with Crippen LogP contribution >= 0.6 is 0 Å². The summed E-state index contributed by atoms with van der Waals surface area (Å²) in [7, 11) is 1.59. The second-order valence-electron chi connectivity index (χ2n) is 6.00. The van der Waals surface area contributed by atoms with Crippen LogP contribution in [0.2, 0.25) is 0 Å². The monoisotopic (exact) mass is 372 g/mol.